The van der Waals surface area contributed by atoms with Crippen LogP contribution < -0.4 is 16.2 Å². The lowest BCUT2D eigenvalue weighted by atomic mass is 9.85. The average molecular weight is 524 g/mol. The zero-order valence-corrected chi connectivity index (χ0v) is 21.2. The Morgan fingerprint density at radius 3 is 2.86 bits per heavy atom. The number of carbonyl (C=O) groups is 2. The van der Waals surface area contributed by atoms with Crippen LogP contribution in [0, 0.1) is 23.2 Å². The number of fused-ring (bicyclic) bond motifs is 4. The van der Waals surface area contributed by atoms with E-state index < -0.39 is 11.6 Å². The molecule has 0 saturated carbocycles. The molecule has 1 atom stereocenters. The maximum absolute atomic E-state index is 13.3. The molecule has 5 heterocycles. The van der Waals surface area contributed by atoms with Crippen LogP contribution in [0.1, 0.15) is 41.2 Å². The molecular weight excluding hydrogens is 502 g/mol. The molecule has 12 heteroatoms. The summed E-state index contributed by atoms with van der Waals surface area (Å²) in [5.74, 6) is 0.0429. The third-order valence-corrected chi connectivity index (χ3v) is 8.62. The predicted octanol–water partition coefficient (Wildman–Crippen LogP) is 2.77. The largest absolute Gasteiger partial charge is 0.340 e. The topological polar surface area (TPSA) is 133 Å². The summed E-state index contributed by atoms with van der Waals surface area (Å²) >= 11 is 7.95. The summed E-state index contributed by atoms with van der Waals surface area (Å²) in [4.78, 5) is 51.1. The third-order valence-electron chi connectivity index (χ3n) is 7.17. The van der Waals surface area contributed by atoms with Gasteiger partial charge in [0.1, 0.15) is 34.0 Å². The molecule has 3 aromatic rings. The lowest BCUT2D eigenvalue weighted by molar-refractivity contribution is -0.141. The Kier molecular flexibility index (Phi) is 5.10. The van der Waals surface area contributed by atoms with Crippen molar-refractivity contribution >= 4 is 56.5 Å². The number of hydrogen-bond acceptors (Lipinski definition) is 8. The number of anilines is 2. The van der Waals surface area contributed by atoms with Gasteiger partial charge in [0.15, 0.2) is 0 Å². The Balaban J connectivity index is 1.34. The Hall–Kier alpha value is -3.49. The SMILES string of the molecule is CC1(C)NC(=O)c2c(Cl)cc(Nc3ncnc4sc5c(c34)CC[C@H](C(=O)N3CC(C#N)C3)C5)c(=O)n21. The van der Waals surface area contributed by atoms with E-state index in [2.05, 4.69) is 26.7 Å². The Morgan fingerprint density at radius 2 is 2.11 bits per heavy atom. The number of halogens is 1. The van der Waals surface area contributed by atoms with Crippen LogP contribution in [0.15, 0.2) is 17.2 Å². The average Bonchev–Trinajstić information content (AvgIpc) is 3.29. The first-order valence-corrected chi connectivity index (χ1v) is 12.9. The first kappa shape index (κ1) is 22.9. The van der Waals surface area contributed by atoms with E-state index in [1.165, 1.54) is 28.3 Å². The summed E-state index contributed by atoms with van der Waals surface area (Å²) in [6, 6.07) is 3.67. The van der Waals surface area contributed by atoms with Crippen molar-refractivity contribution in [3.63, 3.8) is 0 Å². The molecule has 2 amide bonds. The fourth-order valence-corrected chi connectivity index (χ4v) is 6.90. The number of carbonyl (C=O) groups excluding carboxylic acids is 2. The zero-order chi connectivity index (χ0) is 25.4. The van der Waals surface area contributed by atoms with Gasteiger partial charge in [0.05, 0.1) is 22.4 Å². The van der Waals surface area contributed by atoms with E-state index in [0.29, 0.717) is 38.2 Å². The zero-order valence-electron chi connectivity index (χ0n) is 19.6. The number of likely N-dealkylation sites (tertiary alicyclic amines) is 1. The standard InChI is InChI=1S/C24H22ClN7O3S/c1-24(2)30-20(33)18-14(25)6-15(23(35)32(18)24)29-19-17-13-4-3-12(22(34)31-8-11(7-26)9-31)5-16(13)36-21(17)28-10-27-19/h6,10-12H,3-5,8-9H2,1-2H3,(H,30,33)(H,27,28,29)/t12-/m0/s1. The van der Waals surface area contributed by atoms with Gasteiger partial charge in [0.2, 0.25) is 5.91 Å². The van der Waals surface area contributed by atoms with Gasteiger partial charge in [-0.1, -0.05) is 11.6 Å². The van der Waals surface area contributed by atoms with Gasteiger partial charge in [-0.2, -0.15) is 5.26 Å². The summed E-state index contributed by atoms with van der Waals surface area (Å²) in [6.07, 6.45) is 3.46. The van der Waals surface area contributed by atoms with E-state index in [9.17, 15) is 14.4 Å². The molecule has 0 spiro atoms. The summed E-state index contributed by atoms with van der Waals surface area (Å²) in [5.41, 5.74) is 0.132. The number of thiophene rings is 1. The van der Waals surface area contributed by atoms with E-state index >= 15 is 0 Å². The van der Waals surface area contributed by atoms with E-state index in [1.807, 2.05) is 0 Å². The minimum Gasteiger partial charge on any atom is -0.340 e. The highest BCUT2D eigenvalue weighted by Crippen LogP contribution is 2.41. The molecule has 3 aromatic heterocycles. The van der Waals surface area contributed by atoms with Crippen LogP contribution in [0.25, 0.3) is 10.2 Å². The van der Waals surface area contributed by atoms with Gasteiger partial charge >= 0.3 is 0 Å². The van der Waals surface area contributed by atoms with E-state index in [0.717, 1.165) is 20.7 Å². The molecule has 0 aromatic carbocycles. The van der Waals surface area contributed by atoms with E-state index in [-0.39, 0.29) is 39.7 Å². The highest BCUT2D eigenvalue weighted by molar-refractivity contribution is 7.19. The fourth-order valence-electron chi connectivity index (χ4n) is 5.35. The molecule has 36 heavy (non-hydrogen) atoms. The van der Waals surface area contributed by atoms with Gasteiger partial charge in [-0.05, 0) is 44.7 Å². The van der Waals surface area contributed by atoms with Gasteiger partial charge < -0.3 is 15.5 Å². The molecule has 1 saturated heterocycles. The quantitative estimate of drug-likeness (QED) is 0.539. The normalized spacial score (nSPS) is 20.3. The Bertz CT molecular complexity index is 1560. The number of rotatable bonds is 3. The second-order valence-corrected chi connectivity index (χ2v) is 11.4. The van der Waals surface area contributed by atoms with Crippen LogP contribution in [0.4, 0.5) is 11.5 Å². The lowest BCUT2D eigenvalue weighted by Crippen LogP contribution is -2.52. The second kappa shape index (κ2) is 8.01. The Morgan fingerprint density at radius 1 is 1.33 bits per heavy atom. The smallest absolute Gasteiger partial charge is 0.276 e. The first-order valence-electron chi connectivity index (χ1n) is 11.7. The van der Waals surface area contributed by atoms with Gasteiger partial charge in [-0.15, -0.1) is 11.3 Å². The molecule has 0 radical (unpaired) electrons. The van der Waals surface area contributed by atoms with Gasteiger partial charge in [0, 0.05) is 23.9 Å². The molecular formula is C24H22ClN7O3S. The molecule has 10 nitrogen and oxygen atoms in total. The number of nitriles is 1. The van der Waals surface area contributed by atoms with Gasteiger partial charge in [0.25, 0.3) is 11.5 Å². The van der Waals surface area contributed by atoms with Crippen LogP contribution in [-0.4, -0.2) is 44.3 Å². The van der Waals surface area contributed by atoms with E-state index in [4.69, 9.17) is 16.9 Å². The van der Waals surface area contributed by atoms with Crippen molar-refractivity contribution in [2.75, 3.05) is 18.4 Å². The number of aryl methyl sites for hydroxylation is 1. The van der Waals surface area contributed by atoms with Crippen LogP contribution in [0.2, 0.25) is 5.02 Å². The van der Waals surface area contributed by atoms with Crippen LogP contribution in [-0.2, 0) is 23.3 Å². The monoisotopic (exact) mass is 523 g/mol. The molecule has 3 aliphatic rings. The van der Waals surface area contributed by atoms with Crippen molar-refractivity contribution < 1.29 is 9.59 Å². The number of nitrogens with one attached hydrogen (secondary N) is 2. The minimum atomic E-state index is -0.918. The molecule has 6 rings (SSSR count). The number of pyridine rings is 1. The van der Waals surface area contributed by atoms with Gasteiger partial charge in [-0.3, -0.25) is 19.0 Å². The molecule has 2 N–H and O–H groups in total. The molecule has 0 unspecified atom stereocenters. The molecule has 2 aliphatic heterocycles. The number of aromatic nitrogens is 3. The van der Waals surface area contributed by atoms with Crippen molar-refractivity contribution in [2.24, 2.45) is 11.8 Å². The highest BCUT2D eigenvalue weighted by Gasteiger charge is 2.39. The molecule has 0 bridgehead atoms. The summed E-state index contributed by atoms with van der Waals surface area (Å²) in [7, 11) is 0. The molecule has 1 aliphatic carbocycles. The minimum absolute atomic E-state index is 0.0578. The molecule has 1 fully saturated rings. The summed E-state index contributed by atoms with van der Waals surface area (Å²) in [6.45, 7) is 4.50. The second-order valence-electron chi connectivity index (χ2n) is 9.95. The maximum Gasteiger partial charge on any atom is 0.276 e. The van der Waals surface area contributed by atoms with Crippen LogP contribution in [0.5, 0.6) is 0 Å². The van der Waals surface area contributed by atoms with Crippen molar-refractivity contribution in [1.82, 2.24) is 24.8 Å². The first-order chi connectivity index (χ1) is 17.2. The number of nitrogens with zero attached hydrogens (tertiary/aromatic N) is 5. The summed E-state index contributed by atoms with van der Waals surface area (Å²) in [5, 5.41) is 15.9. The number of amides is 2. The third kappa shape index (κ3) is 3.39. The molecule has 184 valence electrons. The van der Waals surface area contributed by atoms with Crippen LogP contribution >= 0.6 is 22.9 Å². The van der Waals surface area contributed by atoms with Crippen molar-refractivity contribution in [2.45, 2.75) is 38.8 Å². The maximum atomic E-state index is 13.3. The summed E-state index contributed by atoms with van der Waals surface area (Å²) < 4.78 is 1.37. The van der Waals surface area contributed by atoms with Gasteiger partial charge in [-0.25, -0.2) is 9.97 Å². The Labute approximate surface area is 214 Å². The van der Waals surface area contributed by atoms with Crippen molar-refractivity contribution in [3.05, 3.63) is 43.9 Å². The van der Waals surface area contributed by atoms with Crippen molar-refractivity contribution in [1.29, 1.82) is 5.26 Å². The highest BCUT2D eigenvalue weighted by atomic mass is 35.5. The van der Waals surface area contributed by atoms with Crippen molar-refractivity contribution in [3.8, 4) is 6.07 Å². The predicted molar refractivity (Wildman–Crippen MR) is 134 cm³/mol. The van der Waals surface area contributed by atoms with E-state index in [1.54, 1.807) is 18.7 Å². The fraction of sp³-hybridized carbons (Fsp3) is 0.417. The lowest BCUT2D eigenvalue weighted by Gasteiger charge is -2.38. The van der Waals surface area contributed by atoms with Crippen LogP contribution in [0.3, 0.4) is 0 Å². The number of hydrogen-bond donors (Lipinski definition) is 2.